The average molecular weight is 202 g/mol. The van der Waals surface area contributed by atoms with Gasteiger partial charge in [-0.05, 0) is 32.6 Å². The fourth-order valence-corrected chi connectivity index (χ4v) is 2.00. The van der Waals surface area contributed by atoms with Crippen LogP contribution in [0.15, 0.2) is 0 Å². The Morgan fingerprint density at radius 3 is 2.21 bits per heavy atom. The summed E-state index contributed by atoms with van der Waals surface area (Å²) in [6, 6.07) is 0. The number of Topliss-reactive ketones (excluding diaryl/α,β-unsaturated/α-hetero) is 1. The van der Waals surface area contributed by atoms with Crippen LogP contribution in [0.2, 0.25) is 0 Å². The lowest BCUT2D eigenvalue weighted by molar-refractivity contribution is -0.145. The standard InChI is InChI=1S/C10H15FO3/c1-7(12)10(6-11)4-2-8(3-5-10)9(13)14/h8H,2-6H2,1H3,(H,13,14)/t8-,10+. The van der Waals surface area contributed by atoms with Crippen molar-refractivity contribution in [1.82, 2.24) is 0 Å². The zero-order chi connectivity index (χ0) is 10.8. The fourth-order valence-electron chi connectivity index (χ4n) is 2.00. The average Bonchev–Trinajstić information content (AvgIpc) is 2.17. The monoisotopic (exact) mass is 202 g/mol. The van der Waals surface area contributed by atoms with Crippen LogP contribution in [-0.4, -0.2) is 23.5 Å². The van der Waals surface area contributed by atoms with Crippen molar-refractivity contribution in [3.05, 3.63) is 0 Å². The molecule has 0 heterocycles. The smallest absolute Gasteiger partial charge is 0.306 e. The van der Waals surface area contributed by atoms with Crippen molar-refractivity contribution in [2.24, 2.45) is 11.3 Å². The molecule has 1 N–H and O–H groups in total. The highest BCUT2D eigenvalue weighted by molar-refractivity contribution is 5.83. The van der Waals surface area contributed by atoms with Gasteiger partial charge in [-0.3, -0.25) is 14.0 Å². The lowest BCUT2D eigenvalue weighted by Gasteiger charge is -2.34. The summed E-state index contributed by atoms with van der Waals surface area (Å²) in [5, 5.41) is 8.74. The molecular weight excluding hydrogens is 187 g/mol. The predicted octanol–water partition coefficient (Wildman–Crippen LogP) is 1.81. The van der Waals surface area contributed by atoms with Crippen LogP contribution >= 0.6 is 0 Å². The fraction of sp³-hybridized carbons (Fsp3) is 0.800. The summed E-state index contributed by atoms with van der Waals surface area (Å²) in [5.74, 6) is -1.38. The van der Waals surface area contributed by atoms with Crippen molar-refractivity contribution in [2.75, 3.05) is 6.67 Å². The molecule has 4 heteroatoms. The van der Waals surface area contributed by atoms with Crippen molar-refractivity contribution >= 4 is 11.8 Å². The highest BCUT2D eigenvalue weighted by atomic mass is 19.1. The second-order valence-electron chi connectivity index (χ2n) is 4.08. The first-order valence-electron chi connectivity index (χ1n) is 4.81. The Morgan fingerprint density at radius 1 is 1.43 bits per heavy atom. The van der Waals surface area contributed by atoms with Gasteiger partial charge in [-0.25, -0.2) is 0 Å². The van der Waals surface area contributed by atoms with Crippen LogP contribution in [-0.2, 0) is 9.59 Å². The van der Waals surface area contributed by atoms with E-state index in [2.05, 4.69) is 0 Å². The molecule has 1 aliphatic rings. The minimum Gasteiger partial charge on any atom is -0.481 e. The summed E-state index contributed by atoms with van der Waals surface area (Å²) in [6.07, 6.45) is 1.57. The van der Waals surface area contributed by atoms with Gasteiger partial charge < -0.3 is 5.11 Å². The van der Waals surface area contributed by atoms with Crippen LogP contribution in [0.3, 0.4) is 0 Å². The molecule has 0 spiro atoms. The van der Waals surface area contributed by atoms with Crippen LogP contribution in [0.1, 0.15) is 32.6 Å². The molecule has 0 aromatic carbocycles. The number of ketones is 1. The number of halogens is 1. The number of carbonyl (C=O) groups excluding carboxylic acids is 1. The third kappa shape index (κ3) is 1.94. The highest BCUT2D eigenvalue weighted by Gasteiger charge is 2.41. The third-order valence-electron chi connectivity index (χ3n) is 3.29. The van der Waals surface area contributed by atoms with Gasteiger partial charge in [0.1, 0.15) is 12.5 Å². The Balaban J connectivity index is 2.64. The molecule has 0 aromatic heterocycles. The van der Waals surface area contributed by atoms with Gasteiger partial charge in [0, 0.05) is 0 Å². The molecule has 0 radical (unpaired) electrons. The summed E-state index contributed by atoms with van der Waals surface area (Å²) in [6.45, 7) is 0.731. The van der Waals surface area contributed by atoms with E-state index in [9.17, 15) is 14.0 Å². The molecule has 1 rings (SSSR count). The summed E-state index contributed by atoms with van der Waals surface area (Å²) in [5.41, 5.74) is -0.883. The summed E-state index contributed by atoms with van der Waals surface area (Å²) in [7, 11) is 0. The van der Waals surface area contributed by atoms with Gasteiger partial charge in [0.05, 0.1) is 11.3 Å². The quantitative estimate of drug-likeness (QED) is 0.759. The Hall–Kier alpha value is -0.930. The van der Waals surface area contributed by atoms with Crippen LogP contribution in [0.5, 0.6) is 0 Å². The number of hydrogen-bond acceptors (Lipinski definition) is 2. The maximum absolute atomic E-state index is 12.7. The van der Waals surface area contributed by atoms with E-state index in [-0.39, 0.29) is 5.78 Å². The van der Waals surface area contributed by atoms with Crippen molar-refractivity contribution in [3.63, 3.8) is 0 Å². The van der Waals surface area contributed by atoms with Gasteiger partial charge in [-0.15, -0.1) is 0 Å². The molecule has 0 amide bonds. The molecule has 1 saturated carbocycles. The Bertz CT molecular complexity index is 242. The number of carboxylic acid groups (broad SMARTS) is 1. The molecule has 0 bridgehead atoms. The van der Waals surface area contributed by atoms with E-state index in [1.54, 1.807) is 0 Å². The van der Waals surface area contributed by atoms with E-state index in [0.29, 0.717) is 25.7 Å². The van der Waals surface area contributed by atoms with E-state index < -0.39 is 24.0 Å². The third-order valence-corrected chi connectivity index (χ3v) is 3.29. The lowest BCUT2D eigenvalue weighted by atomic mass is 9.69. The van der Waals surface area contributed by atoms with E-state index >= 15 is 0 Å². The molecule has 0 aromatic rings. The first-order chi connectivity index (χ1) is 6.52. The summed E-state index contributed by atoms with van der Waals surface area (Å²) >= 11 is 0. The number of hydrogen-bond donors (Lipinski definition) is 1. The maximum atomic E-state index is 12.7. The van der Waals surface area contributed by atoms with Crippen LogP contribution in [0, 0.1) is 11.3 Å². The SMILES string of the molecule is CC(=O)[C@]1(CF)CC[C@H](C(=O)O)CC1. The Labute approximate surface area is 82.3 Å². The molecule has 0 atom stereocenters. The molecular formula is C10H15FO3. The largest absolute Gasteiger partial charge is 0.481 e. The van der Waals surface area contributed by atoms with Crippen LogP contribution in [0.25, 0.3) is 0 Å². The minimum absolute atomic E-state index is 0.149. The van der Waals surface area contributed by atoms with Crippen molar-refractivity contribution in [3.8, 4) is 0 Å². The van der Waals surface area contributed by atoms with Crippen molar-refractivity contribution < 1.29 is 19.1 Å². The maximum Gasteiger partial charge on any atom is 0.306 e. The van der Waals surface area contributed by atoms with E-state index in [0.717, 1.165) is 0 Å². The highest BCUT2D eigenvalue weighted by Crippen LogP contribution is 2.40. The van der Waals surface area contributed by atoms with E-state index in [1.165, 1.54) is 6.92 Å². The summed E-state index contributed by atoms with van der Waals surface area (Å²) in [4.78, 5) is 21.9. The van der Waals surface area contributed by atoms with Gasteiger partial charge >= 0.3 is 5.97 Å². The van der Waals surface area contributed by atoms with Gasteiger partial charge in [0.15, 0.2) is 0 Å². The zero-order valence-corrected chi connectivity index (χ0v) is 8.25. The lowest BCUT2D eigenvalue weighted by Crippen LogP contribution is -2.37. The molecule has 0 unspecified atom stereocenters. The number of carbonyl (C=O) groups is 2. The van der Waals surface area contributed by atoms with Gasteiger partial charge in [0.25, 0.3) is 0 Å². The predicted molar refractivity (Wildman–Crippen MR) is 48.7 cm³/mol. The van der Waals surface area contributed by atoms with Gasteiger partial charge in [-0.2, -0.15) is 0 Å². The molecule has 80 valence electrons. The molecule has 1 aliphatic carbocycles. The molecule has 1 fully saturated rings. The van der Waals surface area contributed by atoms with Gasteiger partial charge in [0.2, 0.25) is 0 Å². The Kier molecular flexibility index (Phi) is 3.24. The first-order valence-corrected chi connectivity index (χ1v) is 4.81. The number of alkyl halides is 1. The molecule has 14 heavy (non-hydrogen) atoms. The number of carboxylic acids is 1. The van der Waals surface area contributed by atoms with Crippen LogP contribution in [0.4, 0.5) is 4.39 Å². The summed E-state index contributed by atoms with van der Waals surface area (Å²) < 4.78 is 12.7. The minimum atomic E-state index is -0.883. The molecule has 0 aliphatic heterocycles. The number of rotatable bonds is 3. The number of aliphatic carboxylic acids is 1. The molecule has 3 nitrogen and oxygen atoms in total. The second kappa shape index (κ2) is 4.07. The second-order valence-corrected chi connectivity index (χ2v) is 4.08. The van der Waals surface area contributed by atoms with Crippen molar-refractivity contribution in [2.45, 2.75) is 32.6 Å². The Morgan fingerprint density at radius 2 is 1.93 bits per heavy atom. The van der Waals surface area contributed by atoms with E-state index in [4.69, 9.17) is 5.11 Å². The van der Waals surface area contributed by atoms with Crippen molar-refractivity contribution in [1.29, 1.82) is 0 Å². The van der Waals surface area contributed by atoms with E-state index in [1.807, 2.05) is 0 Å². The van der Waals surface area contributed by atoms with Crippen LogP contribution < -0.4 is 0 Å². The topological polar surface area (TPSA) is 54.4 Å². The zero-order valence-electron chi connectivity index (χ0n) is 8.25. The normalized spacial score (nSPS) is 32.6. The first kappa shape index (κ1) is 11.1. The van der Waals surface area contributed by atoms with Gasteiger partial charge in [-0.1, -0.05) is 0 Å². The molecule has 0 saturated heterocycles.